The maximum Gasteiger partial charge on any atom is 0.0958 e. The normalized spacial score (nSPS) is 16.6. The van der Waals surface area contributed by atoms with Crippen molar-refractivity contribution in [2.24, 2.45) is 0 Å². The third-order valence-electron chi connectivity index (χ3n) is 4.81. The van der Waals surface area contributed by atoms with Crippen LogP contribution in [-0.2, 0) is 0 Å². The maximum absolute atomic E-state index is 9.18. The molecule has 0 amide bonds. The number of nitrogens with zero attached hydrogens (tertiary/aromatic N) is 2. The summed E-state index contributed by atoms with van der Waals surface area (Å²) in [6.07, 6.45) is 0. The van der Waals surface area contributed by atoms with Crippen LogP contribution in [0.5, 0.6) is 0 Å². The van der Waals surface area contributed by atoms with Gasteiger partial charge in [-0.05, 0) is 75.2 Å². The highest BCUT2D eigenvalue weighted by Crippen LogP contribution is 2.18. The Labute approximate surface area is 189 Å². The fraction of sp³-hybridized carbons (Fsp3) is 0.167. The maximum atomic E-state index is 9.18. The molecule has 0 unspecified atom stereocenters. The summed E-state index contributed by atoms with van der Waals surface area (Å²) in [5.41, 5.74) is 3.97. The number of aryl methyl sites for hydroxylation is 2. The number of thiophene rings is 4. The lowest BCUT2D eigenvalue weighted by Crippen LogP contribution is -1.92. The van der Waals surface area contributed by atoms with Gasteiger partial charge in [-0.15, -0.1) is 45.3 Å². The molecule has 148 valence electrons. The SMILES string of the molecule is C/C(C#N)=c1\cc(C)/c(=c2/cc/c(=c3/cc/c(=c4\s/c(=C(\C)C#N)cc4C)s3)s2)s1. The third-order valence-corrected chi connectivity index (χ3v) is 10.3. The highest BCUT2D eigenvalue weighted by molar-refractivity contribution is 7.14. The topological polar surface area (TPSA) is 47.6 Å². The van der Waals surface area contributed by atoms with Gasteiger partial charge >= 0.3 is 0 Å². The molecular weight excluding hydrogens is 445 g/mol. The fourth-order valence-corrected chi connectivity index (χ4v) is 7.82. The Bertz CT molecular complexity index is 1630. The lowest BCUT2D eigenvalue weighted by Gasteiger charge is -1.79. The first-order valence-corrected chi connectivity index (χ1v) is 12.6. The van der Waals surface area contributed by atoms with Crippen LogP contribution in [0.15, 0.2) is 36.4 Å². The Hall–Kier alpha value is -2.48. The summed E-state index contributed by atoms with van der Waals surface area (Å²) in [4.78, 5) is 0. The van der Waals surface area contributed by atoms with Gasteiger partial charge in [0, 0.05) is 47.4 Å². The molecule has 0 aromatic carbocycles. The van der Waals surface area contributed by atoms with E-state index in [1.165, 1.54) is 38.3 Å². The van der Waals surface area contributed by atoms with Crippen LogP contribution in [-0.4, -0.2) is 0 Å². The van der Waals surface area contributed by atoms with E-state index in [0.29, 0.717) is 0 Å². The van der Waals surface area contributed by atoms with Crippen molar-refractivity contribution in [1.29, 1.82) is 10.5 Å². The van der Waals surface area contributed by atoms with Crippen LogP contribution < -0.4 is 9.06 Å². The Kier molecular flexibility index (Phi) is 5.77. The summed E-state index contributed by atoms with van der Waals surface area (Å²) < 4.78 is 9.58. The predicted molar refractivity (Wildman–Crippen MR) is 128 cm³/mol. The molecule has 4 heterocycles. The van der Waals surface area contributed by atoms with Crippen molar-refractivity contribution in [3.8, 4) is 12.1 Å². The smallest absolute Gasteiger partial charge is 0.0958 e. The van der Waals surface area contributed by atoms with Gasteiger partial charge in [-0.25, -0.2) is 0 Å². The largest absolute Gasteiger partial charge is 0.193 e. The molecule has 6 heteroatoms. The summed E-state index contributed by atoms with van der Waals surface area (Å²) in [6.45, 7) is 7.96. The molecule has 4 rings (SSSR count). The lowest BCUT2D eigenvalue weighted by atomic mass is 10.3. The molecule has 0 spiro atoms. The highest BCUT2D eigenvalue weighted by Gasteiger charge is 2.01. The van der Waals surface area contributed by atoms with Crippen LogP contribution in [0.3, 0.4) is 0 Å². The molecule has 0 aliphatic rings. The van der Waals surface area contributed by atoms with Crippen molar-refractivity contribution in [3.05, 3.63) is 83.8 Å². The fourth-order valence-electron chi connectivity index (χ4n) is 3.12. The highest BCUT2D eigenvalue weighted by atomic mass is 32.1. The summed E-state index contributed by atoms with van der Waals surface area (Å²) >= 11 is 6.98. The first-order chi connectivity index (χ1) is 14.4. The van der Waals surface area contributed by atoms with Crippen LogP contribution in [0.25, 0.3) is 11.1 Å². The van der Waals surface area contributed by atoms with Gasteiger partial charge in [-0.1, -0.05) is 0 Å². The Balaban J connectivity index is 2.02. The van der Waals surface area contributed by atoms with E-state index in [1.54, 1.807) is 45.3 Å². The van der Waals surface area contributed by atoms with Crippen LogP contribution in [0.2, 0.25) is 0 Å². The van der Waals surface area contributed by atoms with E-state index in [0.717, 1.165) is 20.2 Å². The van der Waals surface area contributed by atoms with Gasteiger partial charge in [0.05, 0.1) is 12.1 Å². The summed E-state index contributed by atoms with van der Waals surface area (Å²) in [7, 11) is 0. The first-order valence-electron chi connectivity index (χ1n) is 9.31. The number of rotatable bonds is 0. The van der Waals surface area contributed by atoms with E-state index >= 15 is 0 Å². The van der Waals surface area contributed by atoms with E-state index in [-0.39, 0.29) is 0 Å². The summed E-state index contributed by atoms with van der Waals surface area (Å²) in [5, 5.41) is 18.4. The van der Waals surface area contributed by atoms with Gasteiger partial charge in [0.15, 0.2) is 0 Å². The van der Waals surface area contributed by atoms with Crippen LogP contribution >= 0.6 is 45.3 Å². The average Bonchev–Trinajstić information content (AvgIpc) is 3.51. The molecule has 0 bridgehead atoms. The van der Waals surface area contributed by atoms with Gasteiger partial charge < -0.3 is 0 Å². The zero-order chi connectivity index (χ0) is 21.4. The quantitative estimate of drug-likeness (QED) is 0.332. The molecule has 0 aliphatic heterocycles. The van der Waals surface area contributed by atoms with E-state index in [1.807, 2.05) is 13.8 Å². The molecule has 0 saturated carbocycles. The molecule has 0 saturated heterocycles. The standard InChI is InChI=1S/C24H18N2S4/c1-13-9-21(15(3)11-25)29-23(13)19-7-5-17(27-19)18-6-8-20(28-18)24-14(2)10-22(30-24)16(4)12-26/h5-10H,1-4H3/b18-17+,21-15-,22-16+,23-19+,24-20+. The van der Waals surface area contributed by atoms with Gasteiger partial charge in [0.2, 0.25) is 0 Å². The Morgan fingerprint density at radius 2 is 1.00 bits per heavy atom. The number of hydrogen-bond donors (Lipinski definition) is 0. The van der Waals surface area contributed by atoms with Gasteiger partial charge in [0.1, 0.15) is 0 Å². The molecule has 0 radical (unpaired) electrons. The molecule has 2 nitrogen and oxygen atoms in total. The lowest BCUT2D eigenvalue weighted by molar-refractivity contribution is 1.48. The van der Waals surface area contributed by atoms with Crippen molar-refractivity contribution in [1.82, 2.24) is 0 Å². The molecule has 4 aromatic heterocycles. The van der Waals surface area contributed by atoms with E-state index in [2.05, 4.69) is 62.4 Å². The van der Waals surface area contributed by atoms with Gasteiger partial charge in [-0.2, -0.15) is 10.5 Å². The second-order valence-electron chi connectivity index (χ2n) is 7.05. The van der Waals surface area contributed by atoms with Crippen LogP contribution in [0, 0.1) is 63.7 Å². The van der Waals surface area contributed by atoms with Gasteiger partial charge in [-0.3, -0.25) is 0 Å². The minimum atomic E-state index is 0.767. The molecule has 0 aliphatic carbocycles. The van der Waals surface area contributed by atoms with Gasteiger partial charge in [0.25, 0.3) is 0 Å². The zero-order valence-electron chi connectivity index (χ0n) is 17.0. The molecular formula is C24H18N2S4. The Morgan fingerprint density at radius 3 is 1.37 bits per heavy atom. The van der Waals surface area contributed by atoms with Crippen LogP contribution in [0.4, 0.5) is 0 Å². The molecule has 30 heavy (non-hydrogen) atoms. The van der Waals surface area contributed by atoms with Crippen molar-refractivity contribution in [3.63, 3.8) is 0 Å². The minimum Gasteiger partial charge on any atom is -0.193 e. The number of hydrogen-bond acceptors (Lipinski definition) is 6. The van der Waals surface area contributed by atoms with E-state index < -0.39 is 0 Å². The minimum absolute atomic E-state index is 0.767. The van der Waals surface area contributed by atoms with Crippen LogP contribution in [0.1, 0.15) is 25.0 Å². The average molecular weight is 463 g/mol. The van der Waals surface area contributed by atoms with Crippen molar-refractivity contribution >= 4 is 56.5 Å². The van der Waals surface area contributed by atoms with Crippen molar-refractivity contribution in [2.45, 2.75) is 27.7 Å². The second-order valence-corrected chi connectivity index (χ2v) is 11.3. The van der Waals surface area contributed by atoms with Crippen molar-refractivity contribution < 1.29 is 0 Å². The molecule has 0 N–H and O–H groups in total. The summed E-state index contributed by atoms with van der Waals surface area (Å²) in [6, 6.07) is 17.5. The van der Waals surface area contributed by atoms with Crippen molar-refractivity contribution in [2.75, 3.05) is 0 Å². The first kappa shape index (κ1) is 20.8. The molecule has 0 atom stereocenters. The predicted octanol–water partition coefficient (Wildman–Crippen LogP) is 5.80. The molecule has 4 aromatic rings. The monoisotopic (exact) mass is 462 g/mol. The second kappa shape index (κ2) is 8.34. The van der Waals surface area contributed by atoms with E-state index in [9.17, 15) is 10.5 Å². The Morgan fingerprint density at radius 1 is 0.633 bits per heavy atom. The molecule has 0 fully saturated rings. The number of nitriles is 2. The zero-order valence-corrected chi connectivity index (χ0v) is 20.3. The third kappa shape index (κ3) is 3.80. The summed E-state index contributed by atoms with van der Waals surface area (Å²) in [5.74, 6) is 0. The van der Waals surface area contributed by atoms with E-state index in [4.69, 9.17) is 0 Å².